The third kappa shape index (κ3) is 4.29. The van der Waals surface area contributed by atoms with Crippen molar-refractivity contribution in [2.75, 3.05) is 13.1 Å². The first-order valence-electron chi connectivity index (χ1n) is 7.85. The largest absolute Gasteiger partial charge is 0.356 e. The Morgan fingerprint density at radius 1 is 1.39 bits per heavy atom. The first-order chi connectivity index (χ1) is 10.8. The number of halogens is 1. The molecule has 0 aromatic heterocycles. The Bertz CT molecular complexity index is 676. The maximum absolute atomic E-state index is 14.0. The Morgan fingerprint density at radius 3 is 2.83 bits per heavy atom. The summed E-state index contributed by atoms with van der Waals surface area (Å²) >= 11 is 0. The lowest BCUT2D eigenvalue weighted by Gasteiger charge is -2.34. The number of amides is 1. The molecule has 0 radical (unpaired) electrons. The van der Waals surface area contributed by atoms with Crippen LogP contribution in [0.25, 0.3) is 0 Å². The molecule has 1 amide bonds. The fourth-order valence-electron chi connectivity index (χ4n) is 2.93. The van der Waals surface area contributed by atoms with Gasteiger partial charge in [-0.1, -0.05) is 12.5 Å². The van der Waals surface area contributed by atoms with Crippen molar-refractivity contribution in [1.82, 2.24) is 9.62 Å². The molecule has 1 saturated heterocycles. The Morgan fingerprint density at radius 2 is 2.13 bits per heavy atom. The van der Waals surface area contributed by atoms with Crippen LogP contribution in [0.5, 0.6) is 0 Å². The van der Waals surface area contributed by atoms with E-state index >= 15 is 0 Å². The molecular weight excluding hydrogens is 319 g/mol. The normalized spacial score (nSPS) is 19.5. The zero-order valence-electron chi connectivity index (χ0n) is 13.5. The molecule has 7 heteroatoms. The van der Waals surface area contributed by atoms with Crippen LogP contribution in [0, 0.1) is 12.7 Å². The summed E-state index contributed by atoms with van der Waals surface area (Å²) < 4.78 is 41.2. The van der Waals surface area contributed by atoms with Crippen molar-refractivity contribution in [1.29, 1.82) is 0 Å². The quantitative estimate of drug-likeness (QED) is 0.892. The predicted molar refractivity (Wildman–Crippen MR) is 86.0 cm³/mol. The fraction of sp³-hybridized carbons (Fsp3) is 0.562. The molecule has 0 saturated carbocycles. The minimum Gasteiger partial charge on any atom is -0.356 e. The van der Waals surface area contributed by atoms with E-state index in [-0.39, 0.29) is 16.8 Å². The van der Waals surface area contributed by atoms with Crippen molar-refractivity contribution in [2.24, 2.45) is 0 Å². The number of aryl methyl sites for hydroxylation is 1. The van der Waals surface area contributed by atoms with E-state index in [1.807, 2.05) is 0 Å². The second-order valence-corrected chi connectivity index (χ2v) is 7.83. The van der Waals surface area contributed by atoms with Crippen molar-refractivity contribution in [3.8, 4) is 0 Å². The third-order valence-corrected chi connectivity index (χ3v) is 6.06. The number of nitrogens with zero attached hydrogens (tertiary/aromatic N) is 1. The molecule has 1 fully saturated rings. The number of piperidine rings is 1. The van der Waals surface area contributed by atoms with Gasteiger partial charge in [0.15, 0.2) is 0 Å². The van der Waals surface area contributed by atoms with Crippen LogP contribution < -0.4 is 5.32 Å². The summed E-state index contributed by atoms with van der Waals surface area (Å²) in [7, 11) is -3.87. The number of rotatable bonds is 5. The Labute approximate surface area is 136 Å². The van der Waals surface area contributed by atoms with Crippen molar-refractivity contribution in [3.63, 3.8) is 0 Å². The highest BCUT2D eigenvalue weighted by atomic mass is 32.2. The van der Waals surface area contributed by atoms with Gasteiger partial charge in [-0.3, -0.25) is 4.79 Å². The number of nitrogens with one attached hydrogen (secondary N) is 1. The van der Waals surface area contributed by atoms with Crippen molar-refractivity contribution < 1.29 is 17.6 Å². The highest BCUT2D eigenvalue weighted by molar-refractivity contribution is 7.89. The van der Waals surface area contributed by atoms with Gasteiger partial charge in [0.1, 0.15) is 10.7 Å². The van der Waals surface area contributed by atoms with Crippen LogP contribution in [-0.4, -0.2) is 37.8 Å². The van der Waals surface area contributed by atoms with E-state index in [4.69, 9.17) is 0 Å². The number of sulfonamides is 1. The summed E-state index contributed by atoms with van der Waals surface area (Å²) in [4.78, 5) is 10.7. The molecule has 1 atom stereocenters. The van der Waals surface area contributed by atoms with Gasteiger partial charge in [-0.2, -0.15) is 4.31 Å². The molecule has 0 aliphatic carbocycles. The Kier molecular flexibility index (Phi) is 5.75. The molecular formula is C16H23FN2O3S. The molecule has 1 aliphatic rings. The molecule has 1 N–H and O–H groups in total. The third-order valence-electron chi connectivity index (χ3n) is 4.10. The highest BCUT2D eigenvalue weighted by Crippen LogP contribution is 2.28. The predicted octanol–water partition coefficient (Wildman–Crippen LogP) is 2.20. The number of carbonyl (C=O) groups is 1. The summed E-state index contributed by atoms with van der Waals surface area (Å²) in [6.07, 6.45) is 2.97. The molecule has 1 aromatic carbocycles. The first-order valence-corrected chi connectivity index (χ1v) is 9.29. The van der Waals surface area contributed by atoms with Gasteiger partial charge in [0.05, 0.1) is 0 Å². The van der Waals surface area contributed by atoms with Gasteiger partial charge in [0.2, 0.25) is 15.9 Å². The lowest BCUT2D eigenvalue weighted by atomic mass is 10.0. The smallest absolute Gasteiger partial charge is 0.246 e. The zero-order chi connectivity index (χ0) is 17.0. The van der Waals surface area contributed by atoms with Crippen molar-refractivity contribution in [2.45, 2.75) is 50.5 Å². The van der Waals surface area contributed by atoms with Gasteiger partial charge in [0, 0.05) is 26.1 Å². The van der Waals surface area contributed by atoms with Gasteiger partial charge in [-0.25, -0.2) is 12.8 Å². The molecule has 0 spiro atoms. The second-order valence-electron chi connectivity index (χ2n) is 5.97. The second kappa shape index (κ2) is 7.40. The molecule has 0 unspecified atom stereocenters. The topological polar surface area (TPSA) is 66.5 Å². The van der Waals surface area contributed by atoms with E-state index in [9.17, 15) is 17.6 Å². The average molecular weight is 342 g/mol. The fourth-order valence-corrected chi connectivity index (χ4v) is 4.80. The van der Waals surface area contributed by atoms with E-state index in [1.165, 1.54) is 23.4 Å². The standard InChI is InChI=1S/C16H23FN2O3S/c1-12-6-7-15(17)16(11-12)23(21,22)19-10-4-3-5-14(19)8-9-18-13(2)20/h6-7,11,14H,3-5,8-10H2,1-2H3,(H,18,20)/t14-/m0/s1. The van der Waals surface area contributed by atoms with Gasteiger partial charge in [-0.15, -0.1) is 0 Å². The van der Waals surface area contributed by atoms with E-state index in [1.54, 1.807) is 13.0 Å². The number of benzene rings is 1. The molecule has 0 bridgehead atoms. The maximum Gasteiger partial charge on any atom is 0.246 e. The van der Waals surface area contributed by atoms with Crippen LogP contribution in [0.15, 0.2) is 23.1 Å². The van der Waals surface area contributed by atoms with Crippen LogP contribution in [0.3, 0.4) is 0 Å². The molecule has 1 aromatic rings. The Balaban J connectivity index is 2.24. The summed E-state index contributed by atoms with van der Waals surface area (Å²) in [6.45, 7) is 3.98. The van der Waals surface area contributed by atoms with Gasteiger partial charge >= 0.3 is 0 Å². The maximum atomic E-state index is 14.0. The minimum atomic E-state index is -3.87. The van der Waals surface area contributed by atoms with Crippen molar-refractivity contribution in [3.05, 3.63) is 29.6 Å². The SMILES string of the molecule is CC(=O)NCC[C@@H]1CCCCN1S(=O)(=O)c1cc(C)ccc1F. The number of carbonyl (C=O) groups excluding carboxylic acids is 1. The zero-order valence-corrected chi connectivity index (χ0v) is 14.3. The summed E-state index contributed by atoms with van der Waals surface area (Å²) in [5.74, 6) is -0.860. The molecule has 1 heterocycles. The van der Waals surface area contributed by atoms with Crippen LogP contribution in [-0.2, 0) is 14.8 Å². The van der Waals surface area contributed by atoms with Gasteiger partial charge < -0.3 is 5.32 Å². The summed E-state index contributed by atoms with van der Waals surface area (Å²) in [5.41, 5.74) is 0.705. The van der Waals surface area contributed by atoms with Crippen LogP contribution in [0.1, 0.15) is 38.2 Å². The van der Waals surface area contributed by atoms with E-state index in [2.05, 4.69) is 5.32 Å². The highest BCUT2D eigenvalue weighted by Gasteiger charge is 2.34. The average Bonchev–Trinajstić information content (AvgIpc) is 2.49. The number of hydrogen-bond donors (Lipinski definition) is 1. The van der Waals surface area contributed by atoms with E-state index in [0.717, 1.165) is 19.3 Å². The molecule has 1 aliphatic heterocycles. The van der Waals surface area contributed by atoms with Gasteiger partial charge in [-0.05, 0) is 43.9 Å². The van der Waals surface area contributed by atoms with Gasteiger partial charge in [0.25, 0.3) is 0 Å². The van der Waals surface area contributed by atoms with Crippen LogP contribution in [0.2, 0.25) is 0 Å². The van der Waals surface area contributed by atoms with E-state index in [0.29, 0.717) is 25.1 Å². The molecule has 128 valence electrons. The van der Waals surface area contributed by atoms with E-state index < -0.39 is 15.8 Å². The van der Waals surface area contributed by atoms with Crippen LogP contribution >= 0.6 is 0 Å². The summed E-state index contributed by atoms with van der Waals surface area (Å²) in [6, 6.07) is 3.92. The first kappa shape index (κ1) is 17.9. The minimum absolute atomic E-state index is 0.139. The summed E-state index contributed by atoms with van der Waals surface area (Å²) in [5, 5.41) is 2.69. The molecule has 2 rings (SSSR count). The lowest BCUT2D eigenvalue weighted by Crippen LogP contribution is -2.45. The molecule has 5 nitrogen and oxygen atoms in total. The van der Waals surface area contributed by atoms with Crippen molar-refractivity contribution >= 4 is 15.9 Å². The number of hydrogen-bond acceptors (Lipinski definition) is 3. The molecule has 23 heavy (non-hydrogen) atoms. The van der Waals surface area contributed by atoms with Crippen LogP contribution in [0.4, 0.5) is 4.39 Å². The monoisotopic (exact) mass is 342 g/mol. The lowest BCUT2D eigenvalue weighted by molar-refractivity contribution is -0.119. The Hall–Kier alpha value is -1.47.